The monoisotopic (exact) mass is 306 g/mol. The highest BCUT2D eigenvalue weighted by atomic mass is 35.5. The summed E-state index contributed by atoms with van der Waals surface area (Å²) in [6, 6.07) is 9.49. The van der Waals surface area contributed by atoms with Gasteiger partial charge in [-0.05, 0) is 37.3 Å². The lowest BCUT2D eigenvalue weighted by Crippen LogP contribution is -1.90. The van der Waals surface area contributed by atoms with E-state index in [1.807, 2.05) is 41.8 Å². The normalized spacial score (nSPS) is 10.9. The van der Waals surface area contributed by atoms with Crippen LogP contribution in [0.4, 0.5) is 0 Å². The van der Waals surface area contributed by atoms with Crippen molar-refractivity contribution in [1.82, 2.24) is 9.38 Å². The average Bonchev–Trinajstić information content (AvgIpc) is 2.84. The molecular formula is C15H12Cl2N2O. The molecular weight excluding hydrogens is 295 g/mol. The predicted molar refractivity (Wildman–Crippen MR) is 81.8 cm³/mol. The lowest BCUT2D eigenvalue weighted by Gasteiger charge is -2.02. The van der Waals surface area contributed by atoms with Crippen molar-refractivity contribution in [3.63, 3.8) is 0 Å². The number of pyridine rings is 1. The summed E-state index contributed by atoms with van der Waals surface area (Å²) in [7, 11) is 0. The van der Waals surface area contributed by atoms with Crippen molar-refractivity contribution in [1.29, 1.82) is 0 Å². The van der Waals surface area contributed by atoms with Crippen molar-refractivity contribution in [2.45, 2.75) is 6.92 Å². The van der Waals surface area contributed by atoms with E-state index in [-0.39, 0.29) is 0 Å². The van der Waals surface area contributed by atoms with Gasteiger partial charge in [-0.1, -0.05) is 23.2 Å². The van der Waals surface area contributed by atoms with E-state index in [0.29, 0.717) is 22.3 Å². The minimum atomic E-state index is 0.537. The summed E-state index contributed by atoms with van der Waals surface area (Å²) in [5.74, 6) is 0.848. The van der Waals surface area contributed by atoms with Gasteiger partial charge in [-0.15, -0.1) is 0 Å². The number of hydrogen-bond donors (Lipinski definition) is 0. The summed E-state index contributed by atoms with van der Waals surface area (Å²) >= 11 is 12.1. The third kappa shape index (κ3) is 2.47. The minimum Gasteiger partial charge on any atom is -0.494 e. The Bertz CT molecular complexity index is 750. The van der Waals surface area contributed by atoms with Crippen molar-refractivity contribution in [3.05, 3.63) is 52.8 Å². The number of rotatable bonds is 3. The fourth-order valence-corrected chi connectivity index (χ4v) is 2.58. The van der Waals surface area contributed by atoms with Crippen LogP contribution in [-0.2, 0) is 0 Å². The molecule has 1 aromatic carbocycles. The summed E-state index contributed by atoms with van der Waals surface area (Å²) in [5, 5.41) is 1.12. The van der Waals surface area contributed by atoms with Gasteiger partial charge in [-0.25, -0.2) is 4.98 Å². The number of ether oxygens (including phenoxy) is 1. The van der Waals surface area contributed by atoms with Gasteiger partial charge >= 0.3 is 0 Å². The Balaban J connectivity index is 2.03. The molecule has 0 aliphatic carbocycles. The summed E-state index contributed by atoms with van der Waals surface area (Å²) in [6.45, 7) is 2.61. The summed E-state index contributed by atoms with van der Waals surface area (Å²) in [5.41, 5.74) is 2.54. The number of imidazole rings is 1. The van der Waals surface area contributed by atoms with Gasteiger partial charge in [-0.2, -0.15) is 0 Å². The molecule has 0 N–H and O–H groups in total. The van der Waals surface area contributed by atoms with Crippen LogP contribution in [0.25, 0.3) is 16.9 Å². The Morgan fingerprint density at radius 1 is 1.15 bits per heavy atom. The molecule has 0 spiro atoms. The van der Waals surface area contributed by atoms with Crippen molar-refractivity contribution in [2.24, 2.45) is 0 Å². The van der Waals surface area contributed by atoms with E-state index in [9.17, 15) is 0 Å². The molecule has 0 atom stereocenters. The van der Waals surface area contributed by atoms with Crippen LogP contribution < -0.4 is 4.74 Å². The third-order valence-corrected chi connectivity index (χ3v) is 3.42. The second kappa shape index (κ2) is 5.35. The molecule has 0 bridgehead atoms. The second-order valence-electron chi connectivity index (χ2n) is 4.32. The average molecular weight is 307 g/mol. The highest BCUT2D eigenvalue weighted by molar-refractivity contribution is 6.36. The summed E-state index contributed by atoms with van der Waals surface area (Å²) < 4.78 is 7.26. The van der Waals surface area contributed by atoms with Crippen LogP contribution in [0.3, 0.4) is 0 Å². The fourth-order valence-electron chi connectivity index (χ4n) is 2.05. The molecule has 0 aliphatic rings. The number of hydrogen-bond acceptors (Lipinski definition) is 2. The first-order chi connectivity index (χ1) is 9.67. The molecule has 0 aliphatic heterocycles. The molecule has 3 aromatic rings. The first-order valence-corrected chi connectivity index (χ1v) is 7.00. The molecule has 0 fully saturated rings. The number of fused-ring (bicyclic) bond motifs is 1. The van der Waals surface area contributed by atoms with Gasteiger partial charge in [0.05, 0.1) is 22.3 Å². The van der Waals surface area contributed by atoms with E-state index in [2.05, 4.69) is 4.98 Å². The van der Waals surface area contributed by atoms with E-state index in [1.165, 1.54) is 0 Å². The molecule has 20 heavy (non-hydrogen) atoms. The largest absolute Gasteiger partial charge is 0.494 e. The molecule has 0 unspecified atom stereocenters. The predicted octanol–water partition coefficient (Wildman–Crippen LogP) is 4.71. The van der Waals surface area contributed by atoms with Crippen LogP contribution >= 0.6 is 23.2 Å². The summed E-state index contributed by atoms with van der Waals surface area (Å²) in [4.78, 5) is 4.53. The molecule has 0 amide bonds. The zero-order valence-electron chi connectivity index (χ0n) is 10.8. The van der Waals surface area contributed by atoms with Crippen LogP contribution in [-0.4, -0.2) is 16.0 Å². The Morgan fingerprint density at radius 2 is 1.90 bits per heavy atom. The molecule has 2 aromatic heterocycles. The maximum absolute atomic E-state index is 6.14. The number of benzene rings is 1. The zero-order valence-corrected chi connectivity index (χ0v) is 12.3. The minimum absolute atomic E-state index is 0.537. The quantitative estimate of drug-likeness (QED) is 0.700. The standard InChI is InChI=1S/C15H12Cl2N2O/c1-2-20-12-5-3-10(4-6-12)14-9-19-8-11(16)7-13(17)15(19)18-14/h3-9H,2H2,1H3. The topological polar surface area (TPSA) is 26.5 Å². The van der Waals surface area contributed by atoms with Crippen molar-refractivity contribution in [3.8, 4) is 17.0 Å². The van der Waals surface area contributed by atoms with Crippen molar-refractivity contribution >= 4 is 28.8 Å². The maximum Gasteiger partial charge on any atom is 0.156 e. The molecule has 0 saturated heterocycles. The van der Waals surface area contributed by atoms with Gasteiger partial charge < -0.3 is 9.14 Å². The number of aromatic nitrogens is 2. The zero-order chi connectivity index (χ0) is 14.1. The van der Waals surface area contributed by atoms with Crippen LogP contribution in [0.5, 0.6) is 5.75 Å². The fraction of sp³-hybridized carbons (Fsp3) is 0.133. The lowest BCUT2D eigenvalue weighted by molar-refractivity contribution is 0.340. The Morgan fingerprint density at radius 3 is 2.60 bits per heavy atom. The molecule has 0 saturated carbocycles. The van der Waals surface area contributed by atoms with Crippen LogP contribution in [0, 0.1) is 0 Å². The lowest BCUT2D eigenvalue weighted by atomic mass is 10.2. The SMILES string of the molecule is CCOc1ccc(-c2cn3cc(Cl)cc(Cl)c3n2)cc1. The molecule has 2 heterocycles. The number of halogens is 2. The second-order valence-corrected chi connectivity index (χ2v) is 5.16. The van der Waals surface area contributed by atoms with Crippen LogP contribution in [0.2, 0.25) is 10.0 Å². The smallest absolute Gasteiger partial charge is 0.156 e. The Kier molecular flexibility index (Phi) is 3.55. The van der Waals surface area contributed by atoms with E-state index >= 15 is 0 Å². The highest BCUT2D eigenvalue weighted by Gasteiger charge is 2.08. The van der Waals surface area contributed by atoms with E-state index in [0.717, 1.165) is 17.0 Å². The number of nitrogens with zero attached hydrogens (tertiary/aromatic N) is 2. The molecule has 0 radical (unpaired) electrons. The molecule has 5 heteroatoms. The molecule has 3 nitrogen and oxygen atoms in total. The first kappa shape index (κ1) is 13.3. The Hall–Kier alpha value is -1.71. The third-order valence-electron chi connectivity index (χ3n) is 2.93. The highest BCUT2D eigenvalue weighted by Crippen LogP contribution is 2.26. The van der Waals surface area contributed by atoms with Crippen molar-refractivity contribution in [2.75, 3.05) is 6.61 Å². The Labute approximate surface area is 126 Å². The van der Waals surface area contributed by atoms with Gasteiger partial charge in [0.1, 0.15) is 5.75 Å². The van der Waals surface area contributed by atoms with Gasteiger partial charge in [0.25, 0.3) is 0 Å². The van der Waals surface area contributed by atoms with Gasteiger partial charge in [-0.3, -0.25) is 0 Å². The van der Waals surface area contributed by atoms with Gasteiger partial charge in [0.15, 0.2) is 5.65 Å². The first-order valence-electron chi connectivity index (χ1n) is 6.24. The van der Waals surface area contributed by atoms with Crippen LogP contribution in [0.1, 0.15) is 6.92 Å². The van der Waals surface area contributed by atoms with E-state index in [1.54, 1.807) is 12.3 Å². The van der Waals surface area contributed by atoms with Gasteiger partial charge in [0, 0.05) is 18.0 Å². The molecule has 102 valence electrons. The van der Waals surface area contributed by atoms with Crippen LogP contribution in [0.15, 0.2) is 42.7 Å². The van der Waals surface area contributed by atoms with E-state index in [4.69, 9.17) is 27.9 Å². The van der Waals surface area contributed by atoms with Gasteiger partial charge in [0.2, 0.25) is 0 Å². The molecule has 3 rings (SSSR count). The van der Waals surface area contributed by atoms with E-state index < -0.39 is 0 Å². The summed E-state index contributed by atoms with van der Waals surface area (Å²) in [6.07, 6.45) is 3.69. The maximum atomic E-state index is 6.14. The van der Waals surface area contributed by atoms with Crippen molar-refractivity contribution < 1.29 is 4.74 Å².